The Morgan fingerprint density at radius 3 is 2.21 bits per heavy atom. The Morgan fingerprint density at radius 1 is 0.848 bits per heavy atom. The Balaban J connectivity index is 1.58. The standard InChI is InChI=1S/C28H22N2O2S/c1-18-13-19(2)15-22(14-18)32-25-17-26-24(30-28(33-26)21-11-7-4-8-12-21)16-23(25)29-27(31)20-9-5-3-6-10-20/h3-17H,1-2H3,(H,29,31). The SMILES string of the molecule is Cc1cc(C)cc(Oc2cc3sc(-c4ccccc4)nc3cc2NC(=O)c2ccccc2)c1. The van der Waals surface area contributed by atoms with Crippen LogP contribution in [0.1, 0.15) is 21.5 Å². The summed E-state index contributed by atoms with van der Waals surface area (Å²) >= 11 is 1.60. The van der Waals surface area contributed by atoms with Crippen molar-refractivity contribution in [2.75, 3.05) is 5.32 Å². The number of anilines is 1. The summed E-state index contributed by atoms with van der Waals surface area (Å²) in [7, 11) is 0. The molecule has 0 fully saturated rings. The van der Waals surface area contributed by atoms with Gasteiger partial charge in [-0.15, -0.1) is 11.3 Å². The van der Waals surface area contributed by atoms with Gasteiger partial charge in [0, 0.05) is 17.2 Å². The van der Waals surface area contributed by atoms with Crippen molar-refractivity contribution in [2.45, 2.75) is 13.8 Å². The van der Waals surface area contributed by atoms with E-state index in [2.05, 4.69) is 11.4 Å². The minimum atomic E-state index is -0.196. The van der Waals surface area contributed by atoms with E-state index < -0.39 is 0 Å². The molecule has 33 heavy (non-hydrogen) atoms. The van der Waals surface area contributed by atoms with Gasteiger partial charge in [0.15, 0.2) is 5.75 Å². The van der Waals surface area contributed by atoms with E-state index >= 15 is 0 Å². The summed E-state index contributed by atoms with van der Waals surface area (Å²) in [6.45, 7) is 4.08. The third kappa shape index (κ3) is 4.64. The Hall–Kier alpha value is -3.96. The van der Waals surface area contributed by atoms with Crippen LogP contribution < -0.4 is 10.1 Å². The van der Waals surface area contributed by atoms with Crippen LogP contribution in [0.2, 0.25) is 0 Å². The van der Waals surface area contributed by atoms with E-state index in [0.29, 0.717) is 17.0 Å². The normalized spacial score (nSPS) is 10.8. The van der Waals surface area contributed by atoms with Gasteiger partial charge in [-0.3, -0.25) is 4.79 Å². The molecule has 0 aliphatic rings. The quantitative estimate of drug-likeness (QED) is 0.299. The van der Waals surface area contributed by atoms with Crippen molar-refractivity contribution >= 4 is 33.1 Å². The lowest BCUT2D eigenvalue weighted by Crippen LogP contribution is -2.12. The number of hydrogen-bond acceptors (Lipinski definition) is 4. The van der Waals surface area contributed by atoms with Crippen molar-refractivity contribution in [2.24, 2.45) is 0 Å². The van der Waals surface area contributed by atoms with E-state index in [1.54, 1.807) is 23.5 Å². The number of rotatable bonds is 5. The molecule has 5 heteroatoms. The number of aryl methyl sites for hydroxylation is 2. The van der Waals surface area contributed by atoms with Crippen LogP contribution in [0.3, 0.4) is 0 Å². The number of benzene rings is 4. The Kier molecular flexibility index (Phi) is 5.63. The van der Waals surface area contributed by atoms with Crippen molar-refractivity contribution < 1.29 is 9.53 Å². The molecule has 5 aromatic rings. The molecule has 1 aromatic heterocycles. The number of hydrogen-bond donors (Lipinski definition) is 1. The van der Waals surface area contributed by atoms with Crippen molar-refractivity contribution in [3.05, 3.63) is 108 Å². The maximum atomic E-state index is 12.9. The lowest BCUT2D eigenvalue weighted by atomic mass is 10.1. The van der Waals surface area contributed by atoms with Gasteiger partial charge in [-0.25, -0.2) is 4.98 Å². The van der Waals surface area contributed by atoms with Gasteiger partial charge in [-0.1, -0.05) is 54.6 Å². The van der Waals surface area contributed by atoms with Crippen LogP contribution in [0, 0.1) is 13.8 Å². The third-order valence-electron chi connectivity index (χ3n) is 5.22. The molecule has 0 aliphatic heterocycles. The highest BCUT2D eigenvalue weighted by atomic mass is 32.1. The lowest BCUT2D eigenvalue weighted by molar-refractivity contribution is 0.102. The van der Waals surface area contributed by atoms with Gasteiger partial charge in [0.25, 0.3) is 5.91 Å². The summed E-state index contributed by atoms with van der Waals surface area (Å²) in [6, 6.07) is 29.1. The molecule has 0 saturated heterocycles. The molecular weight excluding hydrogens is 428 g/mol. The predicted molar refractivity (Wildman–Crippen MR) is 135 cm³/mol. The number of thiazole rings is 1. The first-order chi connectivity index (χ1) is 16.0. The zero-order valence-electron chi connectivity index (χ0n) is 18.3. The highest BCUT2D eigenvalue weighted by Crippen LogP contribution is 2.39. The maximum absolute atomic E-state index is 12.9. The molecule has 1 heterocycles. The summed E-state index contributed by atoms with van der Waals surface area (Å²) in [6.07, 6.45) is 0. The topological polar surface area (TPSA) is 51.2 Å². The Bertz CT molecular complexity index is 1420. The van der Waals surface area contributed by atoms with E-state index in [4.69, 9.17) is 9.72 Å². The van der Waals surface area contributed by atoms with Gasteiger partial charge in [0.05, 0.1) is 15.9 Å². The van der Waals surface area contributed by atoms with E-state index in [0.717, 1.165) is 37.7 Å². The molecule has 5 rings (SSSR count). The molecule has 0 saturated carbocycles. The first kappa shape index (κ1) is 20.9. The fraction of sp³-hybridized carbons (Fsp3) is 0.0714. The molecule has 0 atom stereocenters. The predicted octanol–water partition coefficient (Wildman–Crippen LogP) is 7.62. The van der Waals surface area contributed by atoms with Crippen LogP contribution in [0.5, 0.6) is 11.5 Å². The fourth-order valence-electron chi connectivity index (χ4n) is 3.74. The highest BCUT2D eigenvalue weighted by Gasteiger charge is 2.16. The third-order valence-corrected chi connectivity index (χ3v) is 6.28. The molecule has 4 aromatic carbocycles. The van der Waals surface area contributed by atoms with Gasteiger partial charge in [0.2, 0.25) is 0 Å². The highest BCUT2D eigenvalue weighted by molar-refractivity contribution is 7.21. The van der Waals surface area contributed by atoms with Crippen LogP contribution in [-0.4, -0.2) is 10.9 Å². The lowest BCUT2D eigenvalue weighted by Gasteiger charge is -2.13. The molecule has 0 unspecified atom stereocenters. The maximum Gasteiger partial charge on any atom is 0.255 e. The molecule has 4 nitrogen and oxygen atoms in total. The van der Waals surface area contributed by atoms with Crippen molar-refractivity contribution in [3.63, 3.8) is 0 Å². The van der Waals surface area contributed by atoms with Gasteiger partial charge in [-0.05, 0) is 55.3 Å². The number of aromatic nitrogens is 1. The molecule has 0 radical (unpaired) electrons. The molecule has 162 valence electrons. The molecule has 0 spiro atoms. The molecular formula is C28H22N2O2S. The van der Waals surface area contributed by atoms with Crippen LogP contribution >= 0.6 is 11.3 Å². The molecule has 1 amide bonds. The van der Waals surface area contributed by atoms with Crippen LogP contribution in [-0.2, 0) is 0 Å². The Labute approximate surface area is 196 Å². The van der Waals surface area contributed by atoms with Crippen LogP contribution in [0.4, 0.5) is 5.69 Å². The number of nitrogens with one attached hydrogen (secondary N) is 1. The largest absolute Gasteiger partial charge is 0.455 e. The van der Waals surface area contributed by atoms with Gasteiger partial charge < -0.3 is 10.1 Å². The fourth-order valence-corrected chi connectivity index (χ4v) is 4.73. The average Bonchev–Trinajstić information content (AvgIpc) is 3.22. The summed E-state index contributed by atoms with van der Waals surface area (Å²) in [5.41, 5.74) is 5.27. The van der Waals surface area contributed by atoms with Gasteiger partial charge in [0.1, 0.15) is 10.8 Å². The molecule has 1 N–H and O–H groups in total. The molecule has 0 bridgehead atoms. The zero-order valence-corrected chi connectivity index (χ0v) is 19.1. The monoisotopic (exact) mass is 450 g/mol. The van der Waals surface area contributed by atoms with E-state index in [9.17, 15) is 4.79 Å². The van der Waals surface area contributed by atoms with E-state index in [1.165, 1.54) is 0 Å². The van der Waals surface area contributed by atoms with Crippen LogP contribution in [0.25, 0.3) is 20.8 Å². The molecule has 0 aliphatic carbocycles. The number of ether oxygens (including phenoxy) is 1. The second kappa shape index (κ2) is 8.88. The van der Waals surface area contributed by atoms with Gasteiger partial charge >= 0.3 is 0 Å². The zero-order chi connectivity index (χ0) is 22.8. The average molecular weight is 451 g/mol. The smallest absolute Gasteiger partial charge is 0.255 e. The van der Waals surface area contributed by atoms with E-state index in [-0.39, 0.29) is 5.91 Å². The minimum absolute atomic E-state index is 0.196. The number of amides is 1. The van der Waals surface area contributed by atoms with Gasteiger partial charge in [-0.2, -0.15) is 0 Å². The first-order valence-electron chi connectivity index (χ1n) is 10.7. The van der Waals surface area contributed by atoms with Crippen LogP contribution in [0.15, 0.2) is 91.0 Å². The Morgan fingerprint density at radius 2 is 1.52 bits per heavy atom. The number of fused-ring (bicyclic) bond motifs is 1. The number of nitrogens with zero attached hydrogens (tertiary/aromatic N) is 1. The number of carbonyl (C=O) groups excluding carboxylic acids is 1. The summed E-state index contributed by atoms with van der Waals surface area (Å²) in [4.78, 5) is 17.7. The van der Waals surface area contributed by atoms with E-state index in [1.807, 2.05) is 86.6 Å². The summed E-state index contributed by atoms with van der Waals surface area (Å²) in [5.74, 6) is 1.12. The summed E-state index contributed by atoms with van der Waals surface area (Å²) < 4.78 is 7.29. The second-order valence-corrected chi connectivity index (χ2v) is 8.98. The van der Waals surface area contributed by atoms with Crippen molar-refractivity contribution in [1.29, 1.82) is 0 Å². The van der Waals surface area contributed by atoms with Crippen molar-refractivity contribution in [3.8, 4) is 22.1 Å². The second-order valence-electron chi connectivity index (χ2n) is 7.95. The van der Waals surface area contributed by atoms with Crippen molar-refractivity contribution in [1.82, 2.24) is 4.98 Å². The first-order valence-corrected chi connectivity index (χ1v) is 11.5. The summed E-state index contributed by atoms with van der Waals surface area (Å²) in [5, 5.41) is 3.94. The number of carbonyl (C=O) groups is 1. The minimum Gasteiger partial charge on any atom is -0.455 e.